The summed E-state index contributed by atoms with van der Waals surface area (Å²) in [7, 11) is 4.79. The van der Waals surface area contributed by atoms with Crippen LogP contribution in [0.5, 0.6) is 17.2 Å². The fourth-order valence-corrected chi connectivity index (χ4v) is 4.15. The number of hydrogen-bond acceptors (Lipinski definition) is 5. The molecule has 0 spiro atoms. The molecule has 2 fully saturated rings. The maximum absolute atomic E-state index is 13.3. The highest BCUT2D eigenvalue weighted by molar-refractivity contribution is 5.95. The van der Waals surface area contributed by atoms with E-state index in [0.29, 0.717) is 35.9 Å². The number of rotatable bonds is 7. The summed E-state index contributed by atoms with van der Waals surface area (Å²) in [6.45, 7) is 0.766. The van der Waals surface area contributed by atoms with Crippen LogP contribution in [0.15, 0.2) is 42.5 Å². The Labute approximate surface area is 182 Å². The van der Waals surface area contributed by atoms with Gasteiger partial charge in [-0.05, 0) is 49.2 Å². The Hall–Kier alpha value is -3.22. The van der Waals surface area contributed by atoms with Crippen molar-refractivity contribution in [2.45, 2.75) is 24.8 Å². The first-order chi connectivity index (χ1) is 15.0. The Bertz CT molecular complexity index is 972. The molecule has 2 amide bonds. The highest BCUT2D eigenvalue weighted by Gasteiger charge is 2.43. The van der Waals surface area contributed by atoms with E-state index < -0.39 is 0 Å². The third kappa shape index (κ3) is 4.45. The van der Waals surface area contributed by atoms with Gasteiger partial charge >= 0.3 is 0 Å². The minimum absolute atomic E-state index is 0.0154. The van der Waals surface area contributed by atoms with Crippen molar-refractivity contribution in [1.29, 1.82) is 0 Å². The van der Waals surface area contributed by atoms with Crippen LogP contribution in [0.4, 0.5) is 0 Å². The molecule has 2 aromatic carbocycles. The average Bonchev–Trinajstić information content (AvgIpc) is 3.51. The summed E-state index contributed by atoms with van der Waals surface area (Å²) in [5.74, 6) is 1.31. The number of carbonyl (C=O) groups is 2. The summed E-state index contributed by atoms with van der Waals surface area (Å²) in [6.07, 6.45) is 2.02. The van der Waals surface area contributed by atoms with E-state index >= 15 is 0 Å². The van der Waals surface area contributed by atoms with Crippen LogP contribution in [0.25, 0.3) is 0 Å². The van der Waals surface area contributed by atoms with Crippen LogP contribution >= 0.6 is 0 Å². The van der Waals surface area contributed by atoms with Gasteiger partial charge in [0.2, 0.25) is 5.91 Å². The van der Waals surface area contributed by atoms with Crippen LogP contribution in [0.1, 0.15) is 34.7 Å². The van der Waals surface area contributed by atoms with E-state index in [1.807, 2.05) is 18.2 Å². The molecule has 2 aliphatic rings. The molecule has 7 heteroatoms. The molecule has 0 radical (unpaired) electrons. The zero-order valence-corrected chi connectivity index (χ0v) is 18.1. The summed E-state index contributed by atoms with van der Waals surface area (Å²) in [4.78, 5) is 28.1. The van der Waals surface area contributed by atoms with Gasteiger partial charge in [-0.15, -0.1) is 0 Å². The minimum atomic E-state index is -0.365. The number of nitrogens with one attached hydrogen (secondary N) is 1. The number of amides is 2. The Morgan fingerprint density at radius 1 is 0.935 bits per heavy atom. The molecule has 1 saturated heterocycles. The van der Waals surface area contributed by atoms with Crippen molar-refractivity contribution in [3.63, 3.8) is 0 Å². The minimum Gasteiger partial charge on any atom is -0.497 e. The summed E-state index contributed by atoms with van der Waals surface area (Å²) in [5.41, 5.74) is 1.41. The fourth-order valence-electron chi connectivity index (χ4n) is 4.15. The van der Waals surface area contributed by atoms with E-state index in [1.54, 1.807) is 50.5 Å². The highest BCUT2D eigenvalue weighted by Crippen LogP contribution is 2.40. The van der Waals surface area contributed by atoms with E-state index in [-0.39, 0.29) is 29.7 Å². The first kappa shape index (κ1) is 21.0. The summed E-state index contributed by atoms with van der Waals surface area (Å²) >= 11 is 0. The molecule has 2 atom stereocenters. The lowest BCUT2D eigenvalue weighted by Crippen LogP contribution is -2.36. The van der Waals surface area contributed by atoms with Crippen LogP contribution in [-0.4, -0.2) is 57.2 Å². The number of methoxy groups -OCH3 is 3. The third-order valence-corrected chi connectivity index (χ3v) is 6.02. The van der Waals surface area contributed by atoms with Gasteiger partial charge in [0.05, 0.1) is 27.2 Å². The molecule has 4 rings (SSSR count). The lowest BCUT2D eigenvalue weighted by atomic mass is 9.87. The fraction of sp³-hybridized carbons (Fsp3) is 0.417. The quantitative estimate of drug-likeness (QED) is 0.740. The topological polar surface area (TPSA) is 77.1 Å². The van der Waals surface area contributed by atoms with Crippen molar-refractivity contribution in [3.05, 3.63) is 53.6 Å². The van der Waals surface area contributed by atoms with Crippen molar-refractivity contribution in [3.8, 4) is 17.2 Å². The second-order valence-corrected chi connectivity index (χ2v) is 8.05. The van der Waals surface area contributed by atoms with Gasteiger partial charge in [-0.2, -0.15) is 0 Å². The van der Waals surface area contributed by atoms with Gasteiger partial charge in [0.15, 0.2) is 0 Å². The Balaban J connectivity index is 1.65. The monoisotopic (exact) mass is 424 g/mol. The molecular weight excluding hydrogens is 396 g/mol. The van der Waals surface area contributed by atoms with E-state index in [4.69, 9.17) is 14.2 Å². The van der Waals surface area contributed by atoms with Gasteiger partial charge < -0.3 is 24.4 Å². The van der Waals surface area contributed by atoms with E-state index in [2.05, 4.69) is 5.32 Å². The van der Waals surface area contributed by atoms with Crippen molar-refractivity contribution in [1.82, 2.24) is 10.2 Å². The van der Waals surface area contributed by atoms with Gasteiger partial charge in [-0.3, -0.25) is 9.59 Å². The first-order valence-electron chi connectivity index (χ1n) is 10.5. The predicted molar refractivity (Wildman–Crippen MR) is 116 cm³/mol. The standard InChI is InChI=1S/C24H28N2O5/c1-29-17-6-4-5-15(11-17)24(28)26-13-20(21(14-26)23(27)25-16-7-8-16)19-12-18(30-2)9-10-22(19)31-3/h4-6,9-12,16,20-21H,7-8,13-14H2,1-3H3,(H,25,27). The number of ether oxygens (including phenoxy) is 3. The number of carbonyl (C=O) groups excluding carboxylic acids is 2. The number of benzene rings is 2. The third-order valence-electron chi connectivity index (χ3n) is 6.02. The largest absolute Gasteiger partial charge is 0.497 e. The second-order valence-electron chi connectivity index (χ2n) is 8.05. The molecule has 1 aliphatic heterocycles. The molecule has 1 aliphatic carbocycles. The molecule has 0 bridgehead atoms. The van der Waals surface area contributed by atoms with Gasteiger partial charge in [0.1, 0.15) is 17.2 Å². The van der Waals surface area contributed by atoms with Crippen LogP contribution in [0, 0.1) is 5.92 Å². The van der Waals surface area contributed by atoms with Gasteiger partial charge in [-0.25, -0.2) is 0 Å². The Morgan fingerprint density at radius 2 is 1.68 bits per heavy atom. The van der Waals surface area contributed by atoms with Crippen molar-refractivity contribution in [2.75, 3.05) is 34.4 Å². The molecule has 2 unspecified atom stereocenters. The zero-order valence-electron chi connectivity index (χ0n) is 18.1. The number of nitrogens with zero attached hydrogens (tertiary/aromatic N) is 1. The Kier molecular flexibility index (Phi) is 6.02. The molecule has 2 aromatic rings. The van der Waals surface area contributed by atoms with E-state index in [1.165, 1.54) is 0 Å². The molecule has 31 heavy (non-hydrogen) atoms. The van der Waals surface area contributed by atoms with Gasteiger partial charge in [0.25, 0.3) is 5.91 Å². The maximum atomic E-state index is 13.3. The Morgan fingerprint density at radius 3 is 2.35 bits per heavy atom. The lowest BCUT2D eigenvalue weighted by molar-refractivity contribution is -0.125. The molecule has 1 N–H and O–H groups in total. The SMILES string of the molecule is COc1cccc(C(=O)N2CC(C(=O)NC3CC3)C(c3cc(OC)ccc3OC)C2)c1. The average molecular weight is 424 g/mol. The predicted octanol–water partition coefficient (Wildman–Crippen LogP) is 2.85. The van der Waals surface area contributed by atoms with Crippen molar-refractivity contribution >= 4 is 11.8 Å². The lowest BCUT2D eigenvalue weighted by Gasteiger charge is -2.21. The second kappa shape index (κ2) is 8.88. The van der Waals surface area contributed by atoms with Crippen LogP contribution in [-0.2, 0) is 4.79 Å². The van der Waals surface area contributed by atoms with Gasteiger partial charge in [-0.1, -0.05) is 6.07 Å². The molecule has 7 nitrogen and oxygen atoms in total. The molecular formula is C24H28N2O5. The first-order valence-corrected chi connectivity index (χ1v) is 10.5. The maximum Gasteiger partial charge on any atom is 0.254 e. The van der Waals surface area contributed by atoms with Crippen LogP contribution < -0.4 is 19.5 Å². The number of hydrogen-bond donors (Lipinski definition) is 1. The number of likely N-dealkylation sites (tertiary alicyclic amines) is 1. The molecule has 1 heterocycles. The highest BCUT2D eigenvalue weighted by atomic mass is 16.5. The summed E-state index contributed by atoms with van der Waals surface area (Å²) in [5, 5.41) is 3.11. The molecule has 1 saturated carbocycles. The molecule has 164 valence electrons. The van der Waals surface area contributed by atoms with E-state index in [9.17, 15) is 9.59 Å². The van der Waals surface area contributed by atoms with Crippen LogP contribution in [0.3, 0.4) is 0 Å². The van der Waals surface area contributed by atoms with Crippen LogP contribution in [0.2, 0.25) is 0 Å². The zero-order chi connectivity index (χ0) is 22.0. The normalized spacial score (nSPS) is 20.3. The summed E-state index contributed by atoms with van der Waals surface area (Å²) in [6, 6.07) is 12.9. The molecule has 0 aromatic heterocycles. The smallest absolute Gasteiger partial charge is 0.254 e. The van der Waals surface area contributed by atoms with Crippen molar-refractivity contribution in [2.24, 2.45) is 5.92 Å². The van der Waals surface area contributed by atoms with Gasteiger partial charge in [0, 0.05) is 36.2 Å². The summed E-state index contributed by atoms with van der Waals surface area (Å²) < 4.78 is 16.2. The van der Waals surface area contributed by atoms with Crippen molar-refractivity contribution < 1.29 is 23.8 Å². The van der Waals surface area contributed by atoms with E-state index in [0.717, 1.165) is 18.4 Å².